The van der Waals surface area contributed by atoms with Crippen LogP contribution >= 0.6 is 0 Å². The van der Waals surface area contributed by atoms with E-state index in [1.54, 1.807) is 48.5 Å². The van der Waals surface area contributed by atoms with Gasteiger partial charge in [0.2, 0.25) is 0 Å². The van der Waals surface area contributed by atoms with E-state index in [4.69, 9.17) is 0 Å². The Bertz CT molecular complexity index is 874. The number of anilines is 1. The van der Waals surface area contributed by atoms with Gasteiger partial charge in [-0.25, -0.2) is 4.68 Å². The van der Waals surface area contributed by atoms with Gasteiger partial charge in [0.1, 0.15) is 0 Å². The fraction of sp³-hybridized carbons (Fsp3) is 0.111. The molecule has 0 aliphatic rings. The summed E-state index contributed by atoms with van der Waals surface area (Å²) in [5.41, 5.74) is -0.862. The van der Waals surface area contributed by atoms with Crippen molar-refractivity contribution in [2.75, 3.05) is 11.9 Å². The van der Waals surface area contributed by atoms with Crippen LogP contribution in [0.4, 0.5) is 18.9 Å². The highest BCUT2D eigenvalue weighted by Crippen LogP contribution is 2.34. The Labute approximate surface area is 142 Å². The van der Waals surface area contributed by atoms with E-state index in [0.29, 0.717) is 5.69 Å². The molecule has 0 saturated carbocycles. The molecule has 1 aromatic heterocycles. The van der Waals surface area contributed by atoms with Crippen LogP contribution in [-0.2, 0) is 6.18 Å². The number of aromatic nitrogens is 2. The van der Waals surface area contributed by atoms with Crippen molar-refractivity contribution in [2.24, 2.45) is 0 Å². The highest BCUT2D eigenvalue weighted by Gasteiger charge is 2.41. The van der Waals surface area contributed by atoms with Gasteiger partial charge >= 0.3 is 6.18 Å². The highest BCUT2D eigenvalue weighted by molar-refractivity contribution is 6.06. The number of nitrogens with zero attached hydrogens (tertiary/aromatic N) is 3. The summed E-state index contributed by atoms with van der Waals surface area (Å²) in [6.07, 6.45) is -3.77. The first-order valence-corrected chi connectivity index (χ1v) is 7.43. The minimum Gasteiger partial charge on any atom is -0.311 e. The molecule has 0 unspecified atom stereocenters. The predicted octanol–water partition coefficient (Wildman–Crippen LogP) is 4.17. The standard InChI is InChI=1S/C18H14F3N3O/c1-23(13-8-4-2-5-9-13)17(25)15-12-22-24(16(15)18(19,20)21)14-10-6-3-7-11-14/h2-12H,1H3. The topological polar surface area (TPSA) is 38.1 Å². The lowest BCUT2D eigenvalue weighted by Gasteiger charge is -2.18. The largest absolute Gasteiger partial charge is 0.434 e. The van der Waals surface area contributed by atoms with Gasteiger partial charge in [-0.05, 0) is 24.3 Å². The zero-order valence-corrected chi connectivity index (χ0v) is 13.2. The summed E-state index contributed by atoms with van der Waals surface area (Å²) in [7, 11) is 1.43. The monoisotopic (exact) mass is 345 g/mol. The molecule has 0 N–H and O–H groups in total. The molecule has 0 atom stereocenters. The molecule has 0 fully saturated rings. The lowest BCUT2D eigenvalue weighted by Crippen LogP contribution is -2.28. The Balaban J connectivity index is 2.08. The maximum atomic E-state index is 13.6. The SMILES string of the molecule is CN(C(=O)c1cnn(-c2ccccc2)c1C(F)(F)F)c1ccccc1. The van der Waals surface area contributed by atoms with Crippen LogP contribution in [0, 0.1) is 0 Å². The van der Waals surface area contributed by atoms with E-state index in [9.17, 15) is 18.0 Å². The first-order valence-electron chi connectivity index (χ1n) is 7.43. The predicted molar refractivity (Wildman–Crippen MR) is 87.7 cm³/mol. The second-order valence-electron chi connectivity index (χ2n) is 5.35. The lowest BCUT2D eigenvalue weighted by atomic mass is 10.2. The van der Waals surface area contributed by atoms with Gasteiger partial charge < -0.3 is 4.90 Å². The lowest BCUT2D eigenvalue weighted by molar-refractivity contribution is -0.143. The van der Waals surface area contributed by atoms with Crippen molar-refractivity contribution in [2.45, 2.75) is 6.18 Å². The number of para-hydroxylation sites is 2. The summed E-state index contributed by atoms with van der Waals surface area (Å²) < 4.78 is 41.6. The number of carbonyl (C=O) groups excluding carboxylic acids is 1. The molecule has 3 rings (SSSR count). The highest BCUT2D eigenvalue weighted by atomic mass is 19.4. The van der Waals surface area contributed by atoms with E-state index in [0.717, 1.165) is 10.9 Å². The maximum absolute atomic E-state index is 13.6. The molecule has 0 saturated heterocycles. The molecule has 7 heteroatoms. The van der Waals surface area contributed by atoms with Gasteiger partial charge in [-0.15, -0.1) is 0 Å². The van der Waals surface area contributed by atoms with E-state index in [1.165, 1.54) is 24.1 Å². The van der Waals surface area contributed by atoms with Crippen LogP contribution in [0.5, 0.6) is 0 Å². The minimum absolute atomic E-state index is 0.233. The summed E-state index contributed by atoms with van der Waals surface area (Å²) in [6.45, 7) is 0. The van der Waals surface area contributed by atoms with Crippen molar-refractivity contribution >= 4 is 11.6 Å². The number of hydrogen-bond donors (Lipinski definition) is 0. The molecule has 0 aliphatic heterocycles. The molecule has 1 amide bonds. The fourth-order valence-electron chi connectivity index (χ4n) is 2.49. The van der Waals surface area contributed by atoms with Gasteiger partial charge in [-0.3, -0.25) is 4.79 Å². The summed E-state index contributed by atoms with van der Waals surface area (Å²) in [6, 6.07) is 16.4. The molecule has 0 aliphatic carbocycles. The average Bonchev–Trinajstić information content (AvgIpc) is 3.07. The average molecular weight is 345 g/mol. The van der Waals surface area contributed by atoms with Gasteiger partial charge in [0.05, 0.1) is 17.4 Å². The third kappa shape index (κ3) is 3.26. The van der Waals surface area contributed by atoms with Crippen molar-refractivity contribution in [3.63, 3.8) is 0 Å². The number of halogens is 3. The molecular formula is C18H14F3N3O. The summed E-state index contributed by atoms with van der Waals surface area (Å²) in [5, 5.41) is 3.80. The maximum Gasteiger partial charge on any atom is 0.434 e. The molecular weight excluding hydrogens is 331 g/mol. The Morgan fingerprint density at radius 1 is 1.00 bits per heavy atom. The third-order valence-corrected chi connectivity index (χ3v) is 3.72. The second kappa shape index (κ2) is 6.43. The van der Waals surface area contributed by atoms with E-state index >= 15 is 0 Å². The van der Waals surface area contributed by atoms with Crippen LogP contribution in [0.1, 0.15) is 16.1 Å². The van der Waals surface area contributed by atoms with Gasteiger partial charge in [0.15, 0.2) is 5.69 Å². The number of rotatable bonds is 3. The summed E-state index contributed by atoms with van der Waals surface area (Å²) in [5.74, 6) is -0.777. The van der Waals surface area contributed by atoms with Crippen molar-refractivity contribution in [1.29, 1.82) is 0 Å². The molecule has 2 aromatic carbocycles. The quantitative estimate of drug-likeness (QED) is 0.715. The number of carbonyl (C=O) groups is 1. The first kappa shape index (κ1) is 16.8. The normalized spacial score (nSPS) is 11.4. The molecule has 25 heavy (non-hydrogen) atoms. The van der Waals surface area contributed by atoms with Crippen molar-refractivity contribution in [3.05, 3.63) is 78.1 Å². The van der Waals surface area contributed by atoms with Gasteiger partial charge in [-0.1, -0.05) is 36.4 Å². The first-order chi connectivity index (χ1) is 11.9. The van der Waals surface area contributed by atoms with E-state index < -0.39 is 23.3 Å². The molecule has 3 aromatic rings. The molecule has 1 heterocycles. The Morgan fingerprint density at radius 2 is 1.56 bits per heavy atom. The Morgan fingerprint density at radius 3 is 2.12 bits per heavy atom. The zero-order valence-electron chi connectivity index (χ0n) is 13.2. The summed E-state index contributed by atoms with van der Waals surface area (Å²) >= 11 is 0. The van der Waals surface area contributed by atoms with Crippen molar-refractivity contribution in [1.82, 2.24) is 9.78 Å². The smallest absolute Gasteiger partial charge is 0.311 e. The molecule has 4 nitrogen and oxygen atoms in total. The Kier molecular flexibility index (Phi) is 4.31. The van der Waals surface area contributed by atoms with E-state index in [-0.39, 0.29) is 5.69 Å². The fourth-order valence-corrected chi connectivity index (χ4v) is 2.49. The summed E-state index contributed by atoms with van der Waals surface area (Å²) in [4.78, 5) is 13.8. The Hall–Kier alpha value is -3.09. The van der Waals surface area contributed by atoms with E-state index in [1.807, 2.05) is 0 Å². The number of benzene rings is 2. The molecule has 0 radical (unpaired) electrons. The van der Waals surface area contributed by atoms with Crippen LogP contribution in [0.15, 0.2) is 66.9 Å². The van der Waals surface area contributed by atoms with Crippen LogP contribution in [-0.4, -0.2) is 22.7 Å². The van der Waals surface area contributed by atoms with Crippen molar-refractivity contribution in [3.8, 4) is 5.69 Å². The number of hydrogen-bond acceptors (Lipinski definition) is 2. The van der Waals surface area contributed by atoms with Crippen LogP contribution in [0.25, 0.3) is 5.69 Å². The van der Waals surface area contributed by atoms with Gasteiger partial charge in [0.25, 0.3) is 5.91 Å². The van der Waals surface area contributed by atoms with Crippen LogP contribution in [0.2, 0.25) is 0 Å². The molecule has 0 spiro atoms. The van der Waals surface area contributed by atoms with Gasteiger partial charge in [-0.2, -0.15) is 18.3 Å². The van der Waals surface area contributed by atoms with Crippen LogP contribution in [0.3, 0.4) is 0 Å². The van der Waals surface area contributed by atoms with Crippen molar-refractivity contribution < 1.29 is 18.0 Å². The number of alkyl halides is 3. The van der Waals surface area contributed by atoms with Crippen LogP contribution < -0.4 is 4.90 Å². The minimum atomic E-state index is -4.73. The van der Waals surface area contributed by atoms with Gasteiger partial charge in [0, 0.05) is 12.7 Å². The number of amides is 1. The zero-order chi connectivity index (χ0) is 18.0. The third-order valence-electron chi connectivity index (χ3n) is 3.72. The second-order valence-corrected chi connectivity index (χ2v) is 5.35. The van der Waals surface area contributed by atoms with E-state index in [2.05, 4.69) is 5.10 Å². The molecule has 0 bridgehead atoms. The molecule has 128 valence electrons.